The Bertz CT molecular complexity index is 844. The van der Waals surface area contributed by atoms with E-state index in [1.54, 1.807) is 18.2 Å². The highest BCUT2D eigenvalue weighted by molar-refractivity contribution is 6.07. The summed E-state index contributed by atoms with van der Waals surface area (Å²) in [6.07, 6.45) is -0.00908. The third-order valence-corrected chi connectivity index (χ3v) is 4.86. The van der Waals surface area contributed by atoms with Gasteiger partial charge < -0.3 is 19.9 Å². The molecule has 25 heavy (non-hydrogen) atoms. The van der Waals surface area contributed by atoms with Crippen molar-refractivity contribution in [2.24, 2.45) is 0 Å². The molecule has 0 spiro atoms. The lowest BCUT2D eigenvalue weighted by Crippen LogP contribution is -2.18. The van der Waals surface area contributed by atoms with E-state index in [2.05, 4.69) is 19.2 Å². The van der Waals surface area contributed by atoms with Crippen molar-refractivity contribution in [3.63, 3.8) is 0 Å². The molecule has 0 aliphatic carbocycles. The average molecular weight is 339 g/mol. The topological polar surface area (TPSA) is 67.8 Å². The Labute approximate surface area is 146 Å². The number of fused-ring (bicyclic) bond motifs is 2. The van der Waals surface area contributed by atoms with Gasteiger partial charge in [-0.05, 0) is 12.1 Å². The van der Waals surface area contributed by atoms with Gasteiger partial charge in [0.25, 0.3) is 5.91 Å². The van der Waals surface area contributed by atoms with Crippen molar-refractivity contribution in [3.8, 4) is 11.5 Å². The van der Waals surface area contributed by atoms with Gasteiger partial charge in [-0.3, -0.25) is 4.79 Å². The fraction of sp³-hybridized carbons (Fsp3) is 0.350. The number of nitrogens with one attached hydrogen (secondary N) is 1. The molecule has 0 saturated carbocycles. The summed E-state index contributed by atoms with van der Waals surface area (Å²) in [4.78, 5) is 12.8. The smallest absolute Gasteiger partial charge is 0.259 e. The van der Waals surface area contributed by atoms with Crippen molar-refractivity contribution in [1.29, 1.82) is 0 Å². The van der Waals surface area contributed by atoms with E-state index in [4.69, 9.17) is 9.47 Å². The lowest BCUT2D eigenvalue weighted by molar-refractivity contribution is 0.101. The molecule has 0 fully saturated rings. The van der Waals surface area contributed by atoms with Crippen LogP contribution in [0.3, 0.4) is 0 Å². The second-order valence-electron chi connectivity index (χ2n) is 7.19. The number of rotatable bonds is 2. The molecule has 2 N–H and O–H groups in total. The molecule has 0 bridgehead atoms. The summed E-state index contributed by atoms with van der Waals surface area (Å²) in [5.74, 6) is 0.950. The molecule has 0 unspecified atom stereocenters. The third-order valence-electron chi connectivity index (χ3n) is 4.86. The van der Waals surface area contributed by atoms with Crippen LogP contribution in [0.1, 0.15) is 47.9 Å². The van der Waals surface area contributed by atoms with Crippen molar-refractivity contribution in [1.82, 2.24) is 0 Å². The standard InChI is InChI=1S/C20H21NO4/c1-20(2)11-25-17-13(6-3-7-14(17)20)19(23)21-15-8-4-5-12-16(22)9-10-24-18(12)15/h3-8,16,22H,9-11H2,1-2H3,(H,21,23)/t16-/m1/s1. The summed E-state index contributed by atoms with van der Waals surface area (Å²) in [7, 11) is 0. The van der Waals surface area contributed by atoms with Crippen LogP contribution in [0.15, 0.2) is 36.4 Å². The van der Waals surface area contributed by atoms with Gasteiger partial charge >= 0.3 is 0 Å². The van der Waals surface area contributed by atoms with E-state index < -0.39 is 6.10 Å². The fourth-order valence-electron chi connectivity index (χ4n) is 3.43. The van der Waals surface area contributed by atoms with Crippen molar-refractivity contribution in [2.45, 2.75) is 31.8 Å². The van der Waals surface area contributed by atoms with E-state index in [1.807, 2.05) is 18.2 Å². The molecule has 2 aliphatic rings. The number of hydrogen-bond acceptors (Lipinski definition) is 4. The highest BCUT2D eigenvalue weighted by Gasteiger charge is 2.34. The van der Waals surface area contributed by atoms with E-state index in [0.29, 0.717) is 47.9 Å². The second-order valence-corrected chi connectivity index (χ2v) is 7.19. The maximum Gasteiger partial charge on any atom is 0.259 e. The quantitative estimate of drug-likeness (QED) is 0.880. The van der Waals surface area contributed by atoms with Crippen molar-refractivity contribution in [2.75, 3.05) is 18.5 Å². The highest BCUT2D eigenvalue weighted by atomic mass is 16.5. The summed E-state index contributed by atoms with van der Waals surface area (Å²) in [5.41, 5.74) is 2.72. The lowest BCUT2D eigenvalue weighted by Gasteiger charge is -2.24. The van der Waals surface area contributed by atoms with E-state index in [0.717, 1.165) is 5.56 Å². The third kappa shape index (κ3) is 2.65. The molecular weight excluding hydrogens is 318 g/mol. The number of aliphatic hydroxyl groups is 1. The molecule has 1 amide bonds. The first-order valence-corrected chi connectivity index (χ1v) is 8.49. The van der Waals surface area contributed by atoms with Gasteiger partial charge in [0.05, 0.1) is 30.6 Å². The van der Waals surface area contributed by atoms with Gasteiger partial charge in [-0.25, -0.2) is 0 Å². The van der Waals surface area contributed by atoms with Gasteiger partial charge in [0.1, 0.15) is 11.5 Å². The van der Waals surface area contributed by atoms with Crippen LogP contribution < -0.4 is 14.8 Å². The van der Waals surface area contributed by atoms with Crippen molar-refractivity contribution < 1.29 is 19.4 Å². The van der Waals surface area contributed by atoms with Crippen LogP contribution in [-0.4, -0.2) is 24.2 Å². The van der Waals surface area contributed by atoms with Gasteiger partial charge in [0, 0.05) is 23.0 Å². The predicted molar refractivity (Wildman–Crippen MR) is 94.4 cm³/mol. The number of amides is 1. The molecule has 2 aromatic carbocycles. The van der Waals surface area contributed by atoms with Crippen LogP contribution in [0.25, 0.3) is 0 Å². The molecule has 0 aromatic heterocycles. The largest absolute Gasteiger partial charge is 0.492 e. The molecule has 1 atom stereocenters. The maximum absolute atomic E-state index is 12.8. The Morgan fingerprint density at radius 3 is 2.80 bits per heavy atom. The van der Waals surface area contributed by atoms with E-state index in [9.17, 15) is 9.90 Å². The summed E-state index contributed by atoms with van der Waals surface area (Å²) in [6, 6.07) is 11.1. The number of carbonyl (C=O) groups is 1. The predicted octanol–water partition coefficient (Wildman–Crippen LogP) is 3.42. The first-order chi connectivity index (χ1) is 12.0. The number of hydrogen-bond donors (Lipinski definition) is 2. The molecule has 4 rings (SSSR count). The van der Waals surface area contributed by atoms with E-state index in [-0.39, 0.29) is 11.3 Å². The first-order valence-electron chi connectivity index (χ1n) is 8.49. The maximum atomic E-state index is 12.8. The zero-order chi connectivity index (χ0) is 17.6. The summed E-state index contributed by atoms with van der Waals surface area (Å²) < 4.78 is 11.5. The molecule has 5 nitrogen and oxygen atoms in total. The Kier molecular flexibility index (Phi) is 3.69. The minimum Gasteiger partial charge on any atom is -0.492 e. The zero-order valence-electron chi connectivity index (χ0n) is 14.3. The Morgan fingerprint density at radius 2 is 1.96 bits per heavy atom. The van der Waals surface area contributed by atoms with Gasteiger partial charge in [-0.15, -0.1) is 0 Å². The molecule has 2 aliphatic heterocycles. The number of ether oxygens (including phenoxy) is 2. The van der Waals surface area contributed by atoms with Crippen LogP contribution in [0.2, 0.25) is 0 Å². The first kappa shape index (κ1) is 16.0. The average Bonchev–Trinajstić information content (AvgIpc) is 2.91. The summed E-state index contributed by atoms with van der Waals surface area (Å²) >= 11 is 0. The number of carbonyl (C=O) groups excluding carboxylic acids is 1. The fourth-order valence-corrected chi connectivity index (χ4v) is 3.43. The lowest BCUT2D eigenvalue weighted by atomic mass is 9.86. The van der Waals surface area contributed by atoms with Crippen molar-refractivity contribution in [3.05, 3.63) is 53.1 Å². The molecular formula is C20H21NO4. The van der Waals surface area contributed by atoms with Gasteiger partial charge in [-0.1, -0.05) is 38.1 Å². The van der Waals surface area contributed by atoms with Crippen LogP contribution in [0.4, 0.5) is 5.69 Å². The van der Waals surface area contributed by atoms with Gasteiger partial charge in [0.15, 0.2) is 0 Å². The number of benzene rings is 2. The number of para-hydroxylation sites is 2. The molecule has 2 aromatic rings. The van der Waals surface area contributed by atoms with Crippen LogP contribution in [-0.2, 0) is 5.41 Å². The highest BCUT2D eigenvalue weighted by Crippen LogP contribution is 2.42. The normalized spacial score (nSPS) is 20.0. The summed E-state index contributed by atoms with van der Waals surface area (Å²) in [5, 5.41) is 13.0. The Morgan fingerprint density at radius 1 is 1.16 bits per heavy atom. The molecule has 5 heteroatoms. The minimum atomic E-state index is -0.564. The molecule has 0 saturated heterocycles. The minimum absolute atomic E-state index is 0.106. The SMILES string of the molecule is CC1(C)COc2c(C(=O)Nc3cccc4c3OCC[C@H]4O)cccc21. The Hall–Kier alpha value is -2.53. The Balaban J connectivity index is 1.67. The molecule has 130 valence electrons. The zero-order valence-corrected chi connectivity index (χ0v) is 14.3. The molecule has 2 heterocycles. The van der Waals surface area contributed by atoms with Gasteiger partial charge in [-0.2, -0.15) is 0 Å². The van der Waals surface area contributed by atoms with E-state index in [1.165, 1.54) is 0 Å². The van der Waals surface area contributed by atoms with Crippen LogP contribution in [0, 0.1) is 0 Å². The summed E-state index contributed by atoms with van der Waals surface area (Å²) in [6.45, 7) is 5.19. The van der Waals surface area contributed by atoms with Crippen molar-refractivity contribution >= 4 is 11.6 Å². The number of anilines is 1. The van der Waals surface area contributed by atoms with Crippen LogP contribution in [0.5, 0.6) is 11.5 Å². The monoisotopic (exact) mass is 339 g/mol. The van der Waals surface area contributed by atoms with Crippen LogP contribution >= 0.6 is 0 Å². The van der Waals surface area contributed by atoms with E-state index >= 15 is 0 Å². The number of aliphatic hydroxyl groups excluding tert-OH is 1. The molecule has 0 radical (unpaired) electrons. The second kappa shape index (κ2) is 5.77. The van der Waals surface area contributed by atoms with Gasteiger partial charge in [0.2, 0.25) is 0 Å².